The lowest BCUT2D eigenvalue weighted by atomic mass is 9.47. The molecule has 0 heterocycles. The molecule has 1 saturated carbocycles. The molecule has 0 bridgehead atoms. The van der Waals surface area contributed by atoms with Gasteiger partial charge >= 0.3 is 0 Å². The number of aliphatic hydroxyl groups is 2. The van der Waals surface area contributed by atoms with Gasteiger partial charge in [-0.15, -0.1) is 0 Å². The van der Waals surface area contributed by atoms with Crippen LogP contribution in [0.25, 0.3) is 5.76 Å². The van der Waals surface area contributed by atoms with Gasteiger partial charge in [-0.3, -0.25) is 19.3 Å². The maximum Gasteiger partial charge on any atom is 0.255 e. The number of aliphatic hydroxyl groups excluding tert-OH is 2. The summed E-state index contributed by atoms with van der Waals surface area (Å²) in [5.74, 6) is -4.99. The lowest BCUT2D eigenvalue weighted by Gasteiger charge is -2.58. The number of nitrogens with two attached hydrogens (primary N) is 3. The molecule has 3 aliphatic carbocycles. The van der Waals surface area contributed by atoms with Crippen molar-refractivity contribution in [3.8, 4) is 11.8 Å². The van der Waals surface area contributed by atoms with Crippen LogP contribution in [0.4, 0.5) is 0 Å². The van der Waals surface area contributed by atoms with E-state index in [0.717, 1.165) is 24.8 Å². The number of hydrogen-bond donors (Lipinski definition) is 6. The number of hydrogen-bond acceptors (Lipinski definition) is 10. The molecule has 3 aliphatic rings. The van der Waals surface area contributed by atoms with Crippen molar-refractivity contribution in [1.29, 1.82) is 5.26 Å². The van der Waals surface area contributed by atoms with Crippen molar-refractivity contribution >= 4 is 23.2 Å². The maximum atomic E-state index is 14.4. The first kappa shape index (κ1) is 29.3. The molecule has 11 nitrogen and oxygen atoms in total. The number of aromatic hydroxyl groups is 1. The SMILES string of the molecule is CCC(CC)CCc1ccc(O)c2c1C[C@@]1(N)C[C@@]3(N)C(N(C)C)C(=O)C(C(N)=O)=C(O)[C@@]3(C#N)C(=O)C1=C2O. The van der Waals surface area contributed by atoms with Gasteiger partial charge in [-0.2, -0.15) is 5.26 Å². The molecule has 0 radical (unpaired) electrons. The molecule has 214 valence electrons. The van der Waals surface area contributed by atoms with Crippen molar-refractivity contribution in [1.82, 2.24) is 4.90 Å². The fourth-order valence-electron chi connectivity index (χ4n) is 7.18. The van der Waals surface area contributed by atoms with Crippen LogP contribution in [0.15, 0.2) is 29.0 Å². The van der Waals surface area contributed by atoms with Crippen LogP contribution in [-0.2, 0) is 27.2 Å². The second-order valence-corrected chi connectivity index (χ2v) is 11.6. The highest BCUT2D eigenvalue weighted by Gasteiger charge is 2.74. The van der Waals surface area contributed by atoms with Crippen molar-refractivity contribution in [2.75, 3.05) is 14.1 Å². The molecule has 0 aliphatic heterocycles. The molecule has 1 aromatic rings. The third-order valence-corrected chi connectivity index (χ3v) is 9.21. The predicted molar refractivity (Wildman–Crippen MR) is 147 cm³/mol. The number of aryl methyl sites for hydroxylation is 1. The quantitative estimate of drug-likeness (QED) is 0.267. The van der Waals surface area contributed by atoms with Crippen molar-refractivity contribution in [2.45, 2.75) is 69.5 Å². The Hall–Kier alpha value is -3.72. The fraction of sp³-hybridized carbons (Fsp3) is 0.517. The Morgan fingerprint density at radius 2 is 1.80 bits per heavy atom. The van der Waals surface area contributed by atoms with Gasteiger partial charge in [-0.05, 0) is 62.9 Å². The number of phenolic OH excluding ortho intramolecular Hbond substituents is 1. The van der Waals surface area contributed by atoms with E-state index < -0.39 is 62.7 Å². The summed E-state index contributed by atoms with van der Waals surface area (Å²) in [5, 5.41) is 44.0. The first-order chi connectivity index (χ1) is 18.7. The second-order valence-electron chi connectivity index (χ2n) is 11.6. The first-order valence-electron chi connectivity index (χ1n) is 13.4. The van der Waals surface area contributed by atoms with Crippen LogP contribution in [0.5, 0.6) is 5.75 Å². The molecular formula is C29H37N5O6. The first-order valence-corrected chi connectivity index (χ1v) is 13.4. The topological polar surface area (TPSA) is 217 Å². The van der Waals surface area contributed by atoms with Crippen LogP contribution in [0.2, 0.25) is 0 Å². The Labute approximate surface area is 232 Å². The highest BCUT2D eigenvalue weighted by Crippen LogP contribution is 2.58. The summed E-state index contributed by atoms with van der Waals surface area (Å²) in [5.41, 5.74) is 12.9. The number of amides is 1. The second kappa shape index (κ2) is 9.73. The van der Waals surface area contributed by atoms with E-state index >= 15 is 0 Å². The number of primary amides is 1. The van der Waals surface area contributed by atoms with Gasteiger partial charge in [0.2, 0.25) is 0 Å². The summed E-state index contributed by atoms with van der Waals surface area (Å²) in [6.45, 7) is 4.23. The van der Waals surface area contributed by atoms with E-state index in [2.05, 4.69) is 13.8 Å². The summed E-state index contributed by atoms with van der Waals surface area (Å²) in [6, 6.07) is 3.55. The average Bonchev–Trinajstić information content (AvgIpc) is 2.84. The zero-order valence-corrected chi connectivity index (χ0v) is 23.2. The van der Waals surface area contributed by atoms with E-state index in [1.807, 2.05) is 0 Å². The lowest BCUT2D eigenvalue weighted by molar-refractivity contribution is -0.139. The van der Waals surface area contributed by atoms with Gasteiger partial charge in [0.25, 0.3) is 5.91 Å². The molecule has 40 heavy (non-hydrogen) atoms. The van der Waals surface area contributed by atoms with Crippen LogP contribution in [0.3, 0.4) is 0 Å². The van der Waals surface area contributed by atoms with Crippen LogP contribution in [-0.4, -0.2) is 68.9 Å². The number of phenols is 1. The summed E-state index contributed by atoms with van der Waals surface area (Å²) < 4.78 is 0. The lowest BCUT2D eigenvalue weighted by Crippen LogP contribution is -2.80. The molecule has 0 aromatic heterocycles. The van der Waals surface area contributed by atoms with Gasteiger partial charge in [0, 0.05) is 0 Å². The van der Waals surface area contributed by atoms with Gasteiger partial charge in [-0.1, -0.05) is 32.8 Å². The molecule has 1 amide bonds. The van der Waals surface area contributed by atoms with Gasteiger partial charge < -0.3 is 32.5 Å². The van der Waals surface area contributed by atoms with E-state index in [1.165, 1.54) is 25.1 Å². The summed E-state index contributed by atoms with van der Waals surface area (Å²) in [6.07, 6.45) is 3.09. The highest BCUT2D eigenvalue weighted by atomic mass is 16.3. The van der Waals surface area contributed by atoms with Crippen LogP contribution in [0, 0.1) is 22.7 Å². The number of nitrogens with zero attached hydrogens (tertiary/aromatic N) is 2. The zero-order valence-electron chi connectivity index (χ0n) is 23.2. The van der Waals surface area contributed by atoms with Crippen LogP contribution >= 0.6 is 0 Å². The molecule has 4 rings (SSSR count). The Morgan fingerprint density at radius 1 is 1.18 bits per heavy atom. The molecule has 1 unspecified atom stereocenters. The van der Waals surface area contributed by atoms with E-state index in [1.54, 1.807) is 12.1 Å². The number of rotatable bonds is 7. The zero-order chi connectivity index (χ0) is 29.9. The molecular weight excluding hydrogens is 514 g/mol. The molecule has 0 saturated heterocycles. The Balaban J connectivity index is 2.02. The number of carbonyl (C=O) groups excluding carboxylic acids is 3. The van der Waals surface area contributed by atoms with Crippen LogP contribution in [0.1, 0.15) is 56.2 Å². The Morgan fingerprint density at radius 3 is 2.33 bits per heavy atom. The minimum absolute atomic E-state index is 0.0257. The molecule has 4 atom stereocenters. The number of nitriles is 1. The predicted octanol–water partition coefficient (Wildman–Crippen LogP) is 1.27. The minimum atomic E-state index is -2.66. The summed E-state index contributed by atoms with van der Waals surface area (Å²) >= 11 is 0. The molecule has 11 heteroatoms. The van der Waals surface area contributed by atoms with Gasteiger partial charge in [0.05, 0.1) is 34.3 Å². The normalized spacial score (nSPS) is 29.8. The molecule has 0 spiro atoms. The van der Waals surface area contributed by atoms with E-state index in [9.17, 15) is 35.0 Å². The third kappa shape index (κ3) is 3.70. The molecule has 9 N–H and O–H groups in total. The van der Waals surface area contributed by atoms with Crippen LogP contribution < -0.4 is 17.2 Å². The standard InChI is InChI=1S/C29H37N5O6/c1-5-14(6-2)7-8-15-9-10-17(35)18-16(15)11-27(32)12-29(33)23(34(3)4)22(37)19(26(31)40)24(38)28(29,13-30)25(39)20(27)21(18)36/h9-10,14,23,35-36,38H,5-8,11-12,32-33H2,1-4H3,(H2,31,40)/t23?,27-,28+,29-/m1/s1. The Kier molecular flexibility index (Phi) is 7.12. The van der Waals surface area contributed by atoms with Crippen molar-refractivity contribution in [3.63, 3.8) is 0 Å². The maximum absolute atomic E-state index is 14.4. The van der Waals surface area contributed by atoms with Crippen molar-refractivity contribution in [2.24, 2.45) is 28.5 Å². The largest absolute Gasteiger partial charge is 0.509 e. The molecule has 1 aromatic carbocycles. The van der Waals surface area contributed by atoms with E-state index in [4.69, 9.17) is 17.2 Å². The number of ketones is 2. The van der Waals surface area contributed by atoms with Crippen molar-refractivity contribution in [3.05, 3.63) is 45.7 Å². The molecule has 1 fully saturated rings. The fourth-order valence-corrected chi connectivity index (χ4v) is 7.18. The number of carbonyl (C=O) groups is 3. The van der Waals surface area contributed by atoms with Crippen molar-refractivity contribution < 1.29 is 29.7 Å². The third-order valence-electron chi connectivity index (χ3n) is 9.21. The van der Waals surface area contributed by atoms with E-state index in [-0.39, 0.29) is 24.2 Å². The monoisotopic (exact) mass is 551 g/mol. The number of likely N-dealkylation sites (N-methyl/N-ethyl adjacent to an activating group) is 1. The highest BCUT2D eigenvalue weighted by molar-refractivity contribution is 6.25. The summed E-state index contributed by atoms with van der Waals surface area (Å²) in [7, 11) is 2.97. The van der Waals surface area contributed by atoms with Gasteiger partial charge in [-0.25, -0.2) is 0 Å². The van der Waals surface area contributed by atoms with E-state index in [0.29, 0.717) is 17.9 Å². The van der Waals surface area contributed by atoms with Gasteiger partial charge in [0.1, 0.15) is 22.8 Å². The average molecular weight is 552 g/mol. The number of Topliss-reactive ketones (excluding diaryl/α,β-unsaturated/α-hetero) is 2. The van der Waals surface area contributed by atoms with Gasteiger partial charge in [0.15, 0.2) is 17.0 Å². The summed E-state index contributed by atoms with van der Waals surface area (Å²) in [4.78, 5) is 41.5. The minimum Gasteiger partial charge on any atom is -0.509 e. The number of benzene rings is 1. The smallest absolute Gasteiger partial charge is 0.255 e. The number of fused-ring (bicyclic) bond motifs is 3. The Bertz CT molecular complexity index is 1420.